The summed E-state index contributed by atoms with van der Waals surface area (Å²) in [6, 6.07) is 9.27. The van der Waals surface area contributed by atoms with Crippen molar-refractivity contribution in [1.29, 1.82) is 0 Å². The molecule has 1 atom stereocenters. The average molecular weight is 235 g/mol. The zero-order valence-corrected chi connectivity index (χ0v) is 11.3. The van der Waals surface area contributed by atoms with Crippen LogP contribution in [-0.4, -0.2) is 19.8 Å². The molecule has 0 radical (unpaired) electrons. The van der Waals surface area contributed by atoms with Gasteiger partial charge in [0.05, 0.1) is 0 Å². The van der Waals surface area contributed by atoms with E-state index in [0.717, 1.165) is 32.6 Å². The number of hydrogen-bond donors (Lipinski definition) is 1. The van der Waals surface area contributed by atoms with Crippen molar-refractivity contribution >= 4 is 0 Å². The van der Waals surface area contributed by atoms with E-state index in [1.165, 1.54) is 11.1 Å². The van der Waals surface area contributed by atoms with Gasteiger partial charge in [0.15, 0.2) is 0 Å². The van der Waals surface area contributed by atoms with Crippen LogP contribution >= 0.6 is 0 Å². The van der Waals surface area contributed by atoms with Crippen LogP contribution in [0.15, 0.2) is 24.3 Å². The topological polar surface area (TPSA) is 21.3 Å². The summed E-state index contributed by atoms with van der Waals surface area (Å²) in [7, 11) is 0. The summed E-state index contributed by atoms with van der Waals surface area (Å²) < 4.78 is 5.45. The molecule has 0 aromatic heterocycles. The van der Waals surface area contributed by atoms with Crippen LogP contribution in [0.2, 0.25) is 0 Å². The third-order valence-electron chi connectivity index (χ3n) is 2.97. The van der Waals surface area contributed by atoms with E-state index in [9.17, 15) is 0 Å². The number of benzene rings is 1. The molecule has 0 aliphatic heterocycles. The lowest BCUT2D eigenvalue weighted by Gasteiger charge is -2.19. The van der Waals surface area contributed by atoms with Gasteiger partial charge in [-0.25, -0.2) is 0 Å². The molecule has 96 valence electrons. The van der Waals surface area contributed by atoms with E-state index in [1.807, 2.05) is 6.92 Å². The molecule has 17 heavy (non-hydrogen) atoms. The number of nitrogens with one attached hydrogen (secondary N) is 1. The van der Waals surface area contributed by atoms with Crippen molar-refractivity contribution in [3.8, 4) is 0 Å². The first-order valence-electron chi connectivity index (χ1n) is 6.71. The molecule has 1 rings (SSSR count). The monoisotopic (exact) mass is 235 g/mol. The molecular formula is C15H25NO. The van der Waals surface area contributed by atoms with Crippen molar-refractivity contribution in [2.45, 2.75) is 39.7 Å². The molecule has 1 aromatic carbocycles. The molecule has 0 bridgehead atoms. The molecule has 0 heterocycles. The Kier molecular flexibility index (Phi) is 6.90. The van der Waals surface area contributed by atoms with Gasteiger partial charge in [-0.1, -0.05) is 38.1 Å². The summed E-state index contributed by atoms with van der Waals surface area (Å²) in [5.41, 5.74) is 2.78. The van der Waals surface area contributed by atoms with Crippen LogP contribution in [0, 0.1) is 0 Å². The first-order valence-corrected chi connectivity index (χ1v) is 6.71. The average Bonchev–Trinajstić information content (AvgIpc) is 2.38. The molecule has 0 amide bonds. The first kappa shape index (κ1) is 14.2. The molecule has 0 saturated heterocycles. The summed E-state index contributed by atoms with van der Waals surface area (Å²) in [4.78, 5) is 0. The highest BCUT2D eigenvalue weighted by Crippen LogP contribution is 2.18. The van der Waals surface area contributed by atoms with Crippen molar-refractivity contribution in [3.63, 3.8) is 0 Å². The van der Waals surface area contributed by atoms with Gasteiger partial charge in [-0.3, -0.25) is 0 Å². The third-order valence-corrected chi connectivity index (χ3v) is 2.97. The maximum absolute atomic E-state index is 5.45. The molecule has 0 aliphatic carbocycles. The minimum atomic E-state index is 0.415. The van der Waals surface area contributed by atoms with Crippen LogP contribution in [0.1, 0.15) is 44.4 Å². The summed E-state index contributed by atoms with van der Waals surface area (Å²) in [5, 5.41) is 3.53. The molecule has 2 nitrogen and oxygen atoms in total. The molecule has 0 saturated carbocycles. The highest BCUT2D eigenvalue weighted by Gasteiger charge is 2.10. The Hall–Kier alpha value is -0.860. The lowest BCUT2D eigenvalue weighted by Crippen LogP contribution is -2.22. The number of hydrogen-bond acceptors (Lipinski definition) is 2. The standard InChI is InChI=1S/C15H25NO/c1-4-13-8-7-9-14(12-13)15(16-5-2)10-11-17-6-3/h7-9,12,15-16H,4-6,10-11H2,1-3H3. The molecule has 1 unspecified atom stereocenters. The van der Waals surface area contributed by atoms with Crippen LogP contribution < -0.4 is 5.32 Å². The molecule has 0 spiro atoms. The number of rotatable bonds is 8. The molecular weight excluding hydrogens is 210 g/mol. The van der Waals surface area contributed by atoms with Crippen LogP contribution in [0.4, 0.5) is 0 Å². The van der Waals surface area contributed by atoms with Gasteiger partial charge in [0.2, 0.25) is 0 Å². The van der Waals surface area contributed by atoms with E-state index in [0.29, 0.717) is 6.04 Å². The van der Waals surface area contributed by atoms with Crippen molar-refractivity contribution in [2.75, 3.05) is 19.8 Å². The van der Waals surface area contributed by atoms with Gasteiger partial charge in [-0.15, -0.1) is 0 Å². The normalized spacial score (nSPS) is 12.6. The second-order valence-corrected chi connectivity index (χ2v) is 4.19. The summed E-state index contributed by atoms with van der Waals surface area (Å²) in [6.45, 7) is 9.00. The minimum Gasteiger partial charge on any atom is -0.382 e. The maximum atomic E-state index is 5.45. The Morgan fingerprint density at radius 3 is 2.71 bits per heavy atom. The van der Waals surface area contributed by atoms with Crippen molar-refractivity contribution in [1.82, 2.24) is 5.32 Å². The fourth-order valence-corrected chi connectivity index (χ4v) is 2.01. The molecule has 1 aromatic rings. The van der Waals surface area contributed by atoms with E-state index < -0.39 is 0 Å². The highest BCUT2D eigenvalue weighted by molar-refractivity contribution is 5.26. The van der Waals surface area contributed by atoms with E-state index in [2.05, 4.69) is 43.4 Å². The number of aryl methyl sites for hydroxylation is 1. The van der Waals surface area contributed by atoms with Gasteiger partial charge >= 0.3 is 0 Å². The molecule has 0 fully saturated rings. The van der Waals surface area contributed by atoms with Gasteiger partial charge < -0.3 is 10.1 Å². The minimum absolute atomic E-state index is 0.415. The quantitative estimate of drug-likeness (QED) is 0.698. The van der Waals surface area contributed by atoms with Crippen LogP contribution in [-0.2, 0) is 11.2 Å². The van der Waals surface area contributed by atoms with Gasteiger partial charge in [0, 0.05) is 19.3 Å². The van der Waals surface area contributed by atoms with E-state index in [1.54, 1.807) is 0 Å². The van der Waals surface area contributed by atoms with Gasteiger partial charge in [0.25, 0.3) is 0 Å². The second-order valence-electron chi connectivity index (χ2n) is 4.19. The SMILES string of the molecule is CCNC(CCOCC)c1cccc(CC)c1. The molecule has 0 aliphatic rings. The maximum Gasteiger partial charge on any atom is 0.0484 e. The van der Waals surface area contributed by atoms with Crippen LogP contribution in [0.3, 0.4) is 0 Å². The first-order chi connectivity index (χ1) is 8.31. The van der Waals surface area contributed by atoms with Crippen molar-refractivity contribution < 1.29 is 4.74 Å². The van der Waals surface area contributed by atoms with Crippen molar-refractivity contribution in [2.24, 2.45) is 0 Å². The lowest BCUT2D eigenvalue weighted by atomic mass is 10.0. The van der Waals surface area contributed by atoms with E-state index in [-0.39, 0.29) is 0 Å². The summed E-state index contributed by atoms with van der Waals surface area (Å²) >= 11 is 0. The van der Waals surface area contributed by atoms with E-state index in [4.69, 9.17) is 4.74 Å². The zero-order chi connectivity index (χ0) is 12.5. The molecule has 2 heteroatoms. The number of ether oxygens (including phenoxy) is 1. The summed E-state index contributed by atoms with van der Waals surface area (Å²) in [5.74, 6) is 0. The summed E-state index contributed by atoms with van der Waals surface area (Å²) in [6.07, 6.45) is 2.13. The fourth-order valence-electron chi connectivity index (χ4n) is 2.01. The predicted octanol–water partition coefficient (Wildman–Crippen LogP) is 3.33. The van der Waals surface area contributed by atoms with Crippen LogP contribution in [0.5, 0.6) is 0 Å². The predicted molar refractivity (Wildman–Crippen MR) is 73.3 cm³/mol. The molecule has 1 N–H and O–H groups in total. The fraction of sp³-hybridized carbons (Fsp3) is 0.600. The zero-order valence-electron chi connectivity index (χ0n) is 11.3. The van der Waals surface area contributed by atoms with Crippen molar-refractivity contribution in [3.05, 3.63) is 35.4 Å². The highest BCUT2D eigenvalue weighted by atomic mass is 16.5. The smallest absolute Gasteiger partial charge is 0.0484 e. The Bertz CT molecular complexity index is 312. The van der Waals surface area contributed by atoms with Gasteiger partial charge in [-0.2, -0.15) is 0 Å². The Labute approximate surface area is 105 Å². The van der Waals surface area contributed by atoms with E-state index >= 15 is 0 Å². The third kappa shape index (κ3) is 4.88. The Balaban J connectivity index is 2.66. The van der Waals surface area contributed by atoms with Gasteiger partial charge in [-0.05, 0) is 37.4 Å². The van der Waals surface area contributed by atoms with Gasteiger partial charge in [0.1, 0.15) is 0 Å². The lowest BCUT2D eigenvalue weighted by molar-refractivity contribution is 0.136. The Morgan fingerprint density at radius 1 is 1.24 bits per heavy atom. The Morgan fingerprint density at radius 2 is 2.06 bits per heavy atom. The van der Waals surface area contributed by atoms with Crippen LogP contribution in [0.25, 0.3) is 0 Å². The largest absolute Gasteiger partial charge is 0.382 e. The second kappa shape index (κ2) is 8.26.